The molecule has 3 N–H and O–H groups in total. The highest BCUT2D eigenvalue weighted by Gasteiger charge is 2.15. The van der Waals surface area contributed by atoms with Gasteiger partial charge in [-0.25, -0.2) is 4.39 Å². The average Bonchev–Trinajstić information content (AvgIpc) is 2.13. The molecule has 15 heavy (non-hydrogen) atoms. The zero-order valence-electron chi connectivity index (χ0n) is 8.13. The van der Waals surface area contributed by atoms with Crippen LogP contribution in [-0.2, 0) is 11.2 Å². The number of carbonyl (C=O) groups is 1. The van der Waals surface area contributed by atoms with Crippen LogP contribution in [0.25, 0.3) is 0 Å². The van der Waals surface area contributed by atoms with Gasteiger partial charge in [-0.15, -0.1) is 0 Å². The number of carboxylic acids is 1. The second-order valence-corrected chi connectivity index (χ2v) is 4.20. The first-order valence-corrected chi connectivity index (χ1v) is 5.14. The number of carboxylic acid groups (broad SMARTS) is 1. The van der Waals surface area contributed by atoms with Crippen LogP contribution in [0, 0.1) is 12.7 Å². The summed E-state index contributed by atoms with van der Waals surface area (Å²) in [7, 11) is 0. The normalized spacial score (nSPS) is 12.5. The van der Waals surface area contributed by atoms with Gasteiger partial charge >= 0.3 is 5.97 Å². The molecule has 0 heterocycles. The molecule has 0 fully saturated rings. The molecule has 0 spiro atoms. The minimum atomic E-state index is -1.13. The van der Waals surface area contributed by atoms with Crippen molar-refractivity contribution in [1.29, 1.82) is 0 Å². The fraction of sp³-hybridized carbons (Fsp3) is 0.300. The van der Waals surface area contributed by atoms with E-state index < -0.39 is 17.8 Å². The van der Waals surface area contributed by atoms with Gasteiger partial charge in [-0.2, -0.15) is 0 Å². The van der Waals surface area contributed by atoms with Crippen molar-refractivity contribution in [1.82, 2.24) is 0 Å². The van der Waals surface area contributed by atoms with Gasteiger partial charge in [0, 0.05) is 10.9 Å². The maximum atomic E-state index is 13.4. The lowest BCUT2D eigenvalue weighted by Crippen LogP contribution is -2.32. The molecule has 0 aliphatic carbocycles. The van der Waals surface area contributed by atoms with Gasteiger partial charge in [0.25, 0.3) is 0 Å². The third-order valence-corrected chi connectivity index (χ3v) is 2.94. The van der Waals surface area contributed by atoms with Gasteiger partial charge in [0.2, 0.25) is 0 Å². The van der Waals surface area contributed by atoms with E-state index in [1.54, 1.807) is 13.0 Å². The van der Waals surface area contributed by atoms with Gasteiger partial charge in [-0.3, -0.25) is 4.79 Å². The second-order valence-electron chi connectivity index (χ2n) is 3.34. The zero-order valence-corrected chi connectivity index (χ0v) is 9.71. The number of rotatable bonds is 3. The maximum absolute atomic E-state index is 13.4. The van der Waals surface area contributed by atoms with E-state index in [0.29, 0.717) is 5.56 Å². The molecule has 1 rings (SSSR count). The number of halogens is 2. The molecule has 1 aromatic carbocycles. The summed E-state index contributed by atoms with van der Waals surface area (Å²) in [6.07, 6.45) is -0.0138. The molecule has 0 saturated heterocycles. The van der Waals surface area contributed by atoms with E-state index in [1.807, 2.05) is 0 Å². The Labute approximate surface area is 95.2 Å². The van der Waals surface area contributed by atoms with Crippen LogP contribution in [0.2, 0.25) is 0 Å². The van der Waals surface area contributed by atoms with E-state index in [1.165, 1.54) is 6.07 Å². The van der Waals surface area contributed by atoms with Gasteiger partial charge in [0.15, 0.2) is 0 Å². The first-order chi connectivity index (χ1) is 6.91. The first-order valence-electron chi connectivity index (χ1n) is 4.34. The smallest absolute Gasteiger partial charge is 0.320 e. The van der Waals surface area contributed by atoms with E-state index in [4.69, 9.17) is 10.8 Å². The van der Waals surface area contributed by atoms with Crippen LogP contribution in [0.15, 0.2) is 16.6 Å². The lowest BCUT2D eigenvalue weighted by molar-refractivity contribution is -0.138. The highest BCUT2D eigenvalue weighted by atomic mass is 79.9. The van der Waals surface area contributed by atoms with Crippen molar-refractivity contribution < 1.29 is 14.3 Å². The van der Waals surface area contributed by atoms with Gasteiger partial charge in [0.1, 0.15) is 11.9 Å². The fourth-order valence-electron chi connectivity index (χ4n) is 1.17. The summed E-state index contributed by atoms with van der Waals surface area (Å²) in [5.74, 6) is -1.56. The second kappa shape index (κ2) is 4.72. The molecular weight excluding hydrogens is 265 g/mol. The summed E-state index contributed by atoms with van der Waals surface area (Å²) in [5, 5.41) is 8.60. The molecule has 5 heteroatoms. The molecule has 0 saturated carbocycles. The van der Waals surface area contributed by atoms with Crippen molar-refractivity contribution >= 4 is 21.9 Å². The maximum Gasteiger partial charge on any atom is 0.320 e. The predicted molar refractivity (Wildman–Crippen MR) is 58.2 cm³/mol. The van der Waals surface area contributed by atoms with Crippen molar-refractivity contribution in [2.75, 3.05) is 0 Å². The van der Waals surface area contributed by atoms with Gasteiger partial charge in [-0.05, 0) is 30.2 Å². The Bertz CT molecular complexity index is 395. The van der Waals surface area contributed by atoms with Crippen molar-refractivity contribution in [3.63, 3.8) is 0 Å². The van der Waals surface area contributed by atoms with Crippen LogP contribution < -0.4 is 5.73 Å². The summed E-state index contributed by atoms with van der Waals surface area (Å²) in [5.41, 5.74) is 6.40. The topological polar surface area (TPSA) is 63.3 Å². The number of aryl methyl sites for hydroxylation is 1. The lowest BCUT2D eigenvalue weighted by atomic mass is 10.0. The molecule has 1 unspecified atom stereocenters. The van der Waals surface area contributed by atoms with Crippen molar-refractivity contribution in [3.05, 3.63) is 33.5 Å². The molecule has 82 valence electrons. The van der Waals surface area contributed by atoms with Crippen LogP contribution in [0.5, 0.6) is 0 Å². The highest BCUT2D eigenvalue weighted by Crippen LogP contribution is 2.21. The summed E-state index contributed by atoms with van der Waals surface area (Å²) < 4.78 is 14.1. The van der Waals surface area contributed by atoms with E-state index in [-0.39, 0.29) is 6.42 Å². The third-order valence-electron chi connectivity index (χ3n) is 2.08. The summed E-state index contributed by atoms with van der Waals surface area (Å²) in [6.45, 7) is 1.76. The zero-order chi connectivity index (χ0) is 11.6. The SMILES string of the molecule is Cc1cc(F)c(CC(N)C(=O)O)cc1Br. The molecule has 1 aromatic rings. The van der Waals surface area contributed by atoms with E-state index in [9.17, 15) is 9.18 Å². The quantitative estimate of drug-likeness (QED) is 0.885. The Balaban J connectivity index is 2.95. The third kappa shape index (κ3) is 3.00. The number of nitrogens with two attached hydrogens (primary N) is 1. The van der Waals surface area contributed by atoms with Crippen LogP contribution in [-0.4, -0.2) is 17.1 Å². The van der Waals surface area contributed by atoms with Crippen LogP contribution in [0.4, 0.5) is 4.39 Å². The Hall–Kier alpha value is -0.940. The highest BCUT2D eigenvalue weighted by molar-refractivity contribution is 9.10. The monoisotopic (exact) mass is 275 g/mol. The van der Waals surface area contributed by atoms with Gasteiger partial charge in [0.05, 0.1) is 0 Å². The van der Waals surface area contributed by atoms with Crippen LogP contribution in [0.1, 0.15) is 11.1 Å². The Morgan fingerprint density at radius 1 is 1.67 bits per heavy atom. The number of aliphatic carboxylic acids is 1. The van der Waals surface area contributed by atoms with Crippen LogP contribution >= 0.6 is 15.9 Å². The lowest BCUT2D eigenvalue weighted by Gasteiger charge is -2.09. The molecule has 3 nitrogen and oxygen atoms in total. The average molecular weight is 276 g/mol. The number of hydrogen-bond acceptors (Lipinski definition) is 2. The molecule has 0 amide bonds. The Morgan fingerprint density at radius 2 is 2.27 bits per heavy atom. The Morgan fingerprint density at radius 3 is 2.80 bits per heavy atom. The first kappa shape index (κ1) is 12.1. The molecule has 0 bridgehead atoms. The van der Waals surface area contributed by atoms with Crippen LogP contribution in [0.3, 0.4) is 0 Å². The molecule has 1 atom stereocenters. The minimum absolute atomic E-state index is 0.0138. The minimum Gasteiger partial charge on any atom is -0.480 e. The van der Waals surface area contributed by atoms with Crippen molar-refractivity contribution in [3.8, 4) is 0 Å². The van der Waals surface area contributed by atoms with Gasteiger partial charge < -0.3 is 10.8 Å². The Kier molecular flexibility index (Phi) is 3.82. The van der Waals surface area contributed by atoms with Gasteiger partial charge in [-0.1, -0.05) is 15.9 Å². The molecule has 0 aliphatic heterocycles. The molecular formula is C10H11BrFNO2. The molecule has 0 radical (unpaired) electrons. The van der Waals surface area contributed by atoms with E-state index in [2.05, 4.69) is 15.9 Å². The number of hydrogen-bond donors (Lipinski definition) is 2. The molecule has 0 aliphatic rings. The van der Waals surface area contributed by atoms with Crippen molar-refractivity contribution in [2.24, 2.45) is 5.73 Å². The summed E-state index contributed by atoms with van der Waals surface area (Å²) in [4.78, 5) is 10.5. The number of benzene rings is 1. The van der Waals surface area contributed by atoms with Crippen molar-refractivity contribution in [2.45, 2.75) is 19.4 Å². The molecule has 0 aromatic heterocycles. The largest absolute Gasteiger partial charge is 0.480 e. The van der Waals surface area contributed by atoms with E-state index in [0.717, 1.165) is 10.0 Å². The summed E-state index contributed by atoms with van der Waals surface area (Å²) in [6, 6.07) is 1.84. The fourth-order valence-corrected chi connectivity index (χ4v) is 1.56. The van der Waals surface area contributed by atoms with E-state index >= 15 is 0 Å². The predicted octanol–water partition coefficient (Wildman–Crippen LogP) is 1.85. The summed E-state index contributed by atoms with van der Waals surface area (Å²) >= 11 is 3.25. The standard InChI is InChI=1S/C10H11BrFNO2/c1-5-2-8(12)6(3-7(5)11)4-9(13)10(14)15/h2-3,9H,4,13H2,1H3,(H,14,15).